The van der Waals surface area contributed by atoms with Crippen LogP contribution in [0.5, 0.6) is 0 Å². The Kier molecular flexibility index (Phi) is 7.96. The second-order valence-corrected chi connectivity index (χ2v) is 4.52. The lowest BCUT2D eigenvalue weighted by Crippen LogP contribution is -2.29. The van der Waals surface area contributed by atoms with Crippen LogP contribution in [0.15, 0.2) is 36.8 Å². The first-order chi connectivity index (χ1) is 11.6. The number of carboxylic acid groups (broad SMARTS) is 1. The zero-order valence-electron chi connectivity index (χ0n) is 13.1. The molecule has 0 saturated heterocycles. The summed E-state index contributed by atoms with van der Waals surface area (Å²) in [4.78, 5) is 28.1. The van der Waals surface area contributed by atoms with Crippen molar-refractivity contribution >= 4 is 18.1 Å². The third-order valence-electron chi connectivity index (χ3n) is 2.89. The Labute approximate surface area is 139 Å². The highest BCUT2D eigenvalue weighted by Crippen LogP contribution is 2.10. The highest BCUT2D eigenvalue weighted by molar-refractivity contribution is 5.93. The fraction of sp³-hybridized carbons (Fsp3) is 0.188. The first-order valence-electron chi connectivity index (χ1n) is 6.99. The lowest BCUT2D eigenvalue weighted by Gasteiger charge is -2.09. The number of pyridine rings is 2. The van der Waals surface area contributed by atoms with Gasteiger partial charge in [0.15, 0.2) is 0 Å². The van der Waals surface area contributed by atoms with E-state index < -0.39 is 0 Å². The zero-order valence-corrected chi connectivity index (χ0v) is 13.1. The number of carbonyl (C=O) groups is 2. The molecule has 2 heterocycles. The highest BCUT2D eigenvalue weighted by atomic mass is 16.3. The van der Waals surface area contributed by atoms with Crippen molar-refractivity contribution in [3.63, 3.8) is 0 Å². The number of rotatable bonds is 5. The van der Waals surface area contributed by atoms with Crippen LogP contribution in [0.4, 0.5) is 5.69 Å². The minimum atomic E-state index is -0.250. The van der Waals surface area contributed by atoms with Gasteiger partial charge in [-0.25, -0.2) is 4.98 Å². The first-order valence-corrected chi connectivity index (χ1v) is 6.99. The van der Waals surface area contributed by atoms with Gasteiger partial charge in [0.25, 0.3) is 12.4 Å². The molecular weight excluding hydrogens is 310 g/mol. The topological polar surface area (TPSA) is 128 Å². The number of hydrogen-bond donors (Lipinski definition) is 3. The molecule has 8 heteroatoms. The molecule has 2 rings (SSSR count). The Hall–Kier alpha value is -3.47. The maximum Gasteiger partial charge on any atom is 0.290 e. The van der Waals surface area contributed by atoms with E-state index in [2.05, 4.69) is 20.6 Å². The Bertz CT molecular complexity index is 710. The third-order valence-corrected chi connectivity index (χ3v) is 2.89. The van der Waals surface area contributed by atoms with Crippen LogP contribution < -0.4 is 10.6 Å². The Morgan fingerprint density at radius 2 is 2.08 bits per heavy atom. The maximum atomic E-state index is 11.9. The van der Waals surface area contributed by atoms with E-state index >= 15 is 0 Å². The Morgan fingerprint density at radius 1 is 1.33 bits per heavy atom. The van der Waals surface area contributed by atoms with E-state index in [4.69, 9.17) is 15.2 Å². The zero-order chi connectivity index (χ0) is 17.8. The number of carbonyl (C=O) groups excluding carboxylic acids is 1. The highest BCUT2D eigenvalue weighted by Gasteiger charge is 2.05. The van der Waals surface area contributed by atoms with Gasteiger partial charge in [-0.1, -0.05) is 0 Å². The SMILES string of the molecule is Cc1cnccc1NCCNC(=O)c1ccc(C#N)nc1.O=CO. The van der Waals surface area contributed by atoms with Crippen molar-refractivity contribution < 1.29 is 14.7 Å². The van der Waals surface area contributed by atoms with Crippen LogP contribution in [0, 0.1) is 18.3 Å². The molecule has 0 atom stereocenters. The standard InChI is InChI=1S/C15H15N5O.CH2O2/c1-11-9-17-5-4-14(11)18-6-7-19-15(21)12-2-3-13(8-16)20-10-12;2-1-3/h2-5,9-10H,6-7H2,1H3,(H,17,18)(H,19,21);1H,(H,2,3). The van der Waals surface area contributed by atoms with Crippen LogP contribution in [0.25, 0.3) is 0 Å². The predicted molar refractivity (Wildman–Crippen MR) is 87.4 cm³/mol. The average Bonchev–Trinajstić information content (AvgIpc) is 2.60. The number of nitrogens with one attached hydrogen (secondary N) is 2. The van der Waals surface area contributed by atoms with Gasteiger partial charge in [0, 0.05) is 37.4 Å². The van der Waals surface area contributed by atoms with Crippen LogP contribution in [0.1, 0.15) is 21.6 Å². The van der Waals surface area contributed by atoms with Crippen LogP contribution in [0.3, 0.4) is 0 Å². The first kappa shape index (κ1) is 18.6. The third kappa shape index (κ3) is 6.11. The predicted octanol–water partition coefficient (Wildman–Crippen LogP) is 1.20. The summed E-state index contributed by atoms with van der Waals surface area (Å²) in [6, 6.07) is 6.91. The van der Waals surface area contributed by atoms with Gasteiger partial charge in [0.1, 0.15) is 11.8 Å². The quantitative estimate of drug-likeness (QED) is 0.556. The lowest BCUT2D eigenvalue weighted by molar-refractivity contribution is -0.122. The van der Waals surface area contributed by atoms with E-state index in [0.29, 0.717) is 24.3 Å². The van der Waals surface area contributed by atoms with Crippen molar-refractivity contribution in [1.82, 2.24) is 15.3 Å². The number of anilines is 1. The summed E-state index contributed by atoms with van der Waals surface area (Å²) in [7, 11) is 0. The van der Waals surface area contributed by atoms with E-state index in [-0.39, 0.29) is 12.4 Å². The molecular formula is C16H17N5O3. The van der Waals surface area contributed by atoms with Crippen molar-refractivity contribution in [1.29, 1.82) is 5.26 Å². The van der Waals surface area contributed by atoms with E-state index in [1.807, 2.05) is 19.1 Å². The van der Waals surface area contributed by atoms with Gasteiger partial charge in [0.2, 0.25) is 0 Å². The molecule has 8 nitrogen and oxygen atoms in total. The van der Waals surface area contributed by atoms with E-state index in [0.717, 1.165) is 11.3 Å². The molecule has 0 aliphatic carbocycles. The number of nitrogens with zero attached hydrogens (tertiary/aromatic N) is 3. The number of amides is 1. The van der Waals surface area contributed by atoms with Gasteiger partial charge in [0.05, 0.1) is 5.56 Å². The smallest absolute Gasteiger partial charge is 0.290 e. The normalized spacial score (nSPS) is 9.00. The molecule has 0 aliphatic rings. The Balaban J connectivity index is 0.000000891. The van der Waals surface area contributed by atoms with Gasteiger partial charge in [-0.2, -0.15) is 5.26 Å². The Morgan fingerprint density at radius 3 is 2.67 bits per heavy atom. The second-order valence-electron chi connectivity index (χ2n) is 4.52. The lowest BCUT2D eigenvalue weighted by atomic mass is 10.2. The summed E-state index contributed by atoms with van der Waals surface area (Å²) in [5.41, 5.74) is 2.79. The summed E-state index contributed by atoms with van der Waals surface area (Å²) >= 11 is 0. The second kappa shape index (κ2) is 10.3. The summed E-state index contributed by atoms with van der Waals surface area (Å²) in [6.45, 7) is 2.82. The van der Waals surface area contributed by atoms with Crippen molar-refractivity contribution in [2.45, 2.75) is 6.92 Å². The molecule has 0 fully saturated rings. The van der Waals surface area contributed by atoms with Crippen LogP contribution >= 0.6 is 0 Å². The minimum Gasteiger partial charge on any atom is -0.483 e. The van der Waals surface area contributed by atoms with Crippen molar-refractivity contribution in [2.24, 2.45) is 0 Å². The van der Waals surface area contributed by atoms with Gasteiger partial charge in [-0.15, -0.1) is 0 Å². The number of nitriles is 1. The molecule has 0 aliphatic heterocycles. The van der Waals surface area contributed by atoms with Gasteiger partial charge < -0.3 is 15.7 Å². The molecule has 1 amide bonds. The van der Waals surface area contributed by atoms with E-state index in [9.17, 15) is 4.79 Å². The number of aromatic nitrogens is 2. The van der Waals surface area contributed by atoms with Gasteiger partial charge in [-0.05, 0) is 30.7 Å². The molecule has 3 N–H and O–H groups in total. The number of hydrogen-bond acceptors (Lipinski definition) is 6. The largest absolute Gasteiger partial charge is 0.483 e. The van der Waals surface area contributed by atoms with Crippen LogP contribution in [-0.4, -0.2) is 40.5 Å². The van der Waals surface area contributed by atoms with Gasteiger partial charge in [-0.3, -0.25) is 14.6 Å². The van der Waals surface area contributed by atoms with Crippen molar-refractivity contribution in [3.8, 4) is 6.07 Å². The molecule has 0 aromatic carbocycles. The fourth-order valence-corrected chi connectivity index (χ4v) is 1.74. The summed E-state index contributed by atoms with van der Waals surface area (Å²) in [6.07, 6.45) is 4.90. The number of aryl methyl sites for hydroxylation is 1. The minimum absolute atomic E-state index is 0.208. The average molecular weight is 327 g/mol. The molecule has 0 spiro atoms. The molecule has 0 bridgehead atoms. The summed E-state index contributed by atoms with van der Waals surface area (Å²) < 4.78 is 0. The summed E-state index contributed by atoms with van der Waals surface area (Å²) in [5.74, 6) is -0.208. The van der Waals surface area contributed by atoms with Crippen LogP contribution in [-0.2, 0) is 4.79 Å². The molecule has 0 unspecified atom stereocenters. The van der Waals surface area contributed by atoms with Gasteiger partial charge >= 0.3 is 0 Å². The van der Waals surface area contributed by atoms with E-state index in [1.165, 1.54) is 12.3 Å². The molecule has 24 heavy (non-hydrogen) atoms. The summed E-state index contributed by atoms with van der Waals surface area (Å²) in [5, 5.41) is 21.5. The molecule has 2 aromatic rings. The maximum absolute atomic E-state index is 11.9. The van der Waals surface area contributed by atoms with E-state index in [1.54, 1.807) is 18.5 Å². The van der Waals surface area contributed by atoms with Crippen molar-refractivity contribution in [3.05, 3.63) is 53.6 Å². The monoisotopic (exact) mass is 327 g/mol. The molecule has 124 valence electrons. The molecule has 0 saturated carbocycles. The fourth-order valence-electron chi connectivity index (χ4n) is 1.74. The molecule has 2 aromatic heterocycles. The molecule has 0 radical (unpaired) electrons. The van der Waals surface area contributed by atoms with Crippen LogP contribution in [0.2, 0.25) is 0 Å². The van der Waals surface area contributed by atoms with Crippen molar-refractivity contribution in [2.75, 3.05) is 18.4 Å².